The third kappa shape index (κ3) is 5.84. The van der Waals surface area contributed by atoms with Crippen LogP contribution in [0.5, 0.6) is 5.75 Å². The lowest BCUT2D eigenvalue weighted by Crippen LogP contribution is -2.27. The molecule has 0 radical (unpaired) electrons. The van der Waals surface area contributed by atoms with E-state index in [-0.39, 0.29) is 4.21 Å². The highest BCUT2D eigenvalue weighted by Gasteiger charge is 2.19. The number of thiophene rings is 1. The Balaban J connectivity index is 2.11. The van der Waals surface area contributed by atoms with Gasteiger partial charge in [-0.2, -0.15) is 0 Å². The molecule has 1 N–H and O–H groups in total. The highest BCUT2D eigenvalue weighted by atomic mass is 79.9. The number of ether oxygens (including phenoxy) is 1. The van der Waals surface area contributed by atoms with Crippen LogP contribution in [0, 0.1) is 0 Å². The number of likely N-dealkylation sites (N-methyl/N-ethyl adjacent to an activating group) is 1. The smallest absolute Gasteiger partial charge is 0.271 e. The summed E-state index contributed by atoms with van der Waals surface area (Å²) in [5, 5.41) is 0.439. The molecule has 0 bridgehead atoms. The van der Waals surface area contributed by atoms with Gasteiger partial charge in [0, 0.05) is 17.1 Å². The Morgan fingerprint density at radius 2 is 1.92 bits per heavy atom. The second kappa shape index (κ2) is 9.75. The SMILES string of the molecule is CCN(CC)CCOc1cc(NS(=O)(=O)c2cc(Br)c(Br)s2)ccc1Cl. The van der Waals surface area contributed by atoms with Crippen molar-refractivity contribution in [3.05, 3.63) is 37.5 Å². The summed E-state index contributed by atoms with van der Waals surface area (Å²) in [5.74, 6) is 0.451. The molecule has 0 saturated heterocycles. The van der Waals surface area contributed by atoms with Crippen LogP contribution in [0.25, 0.3) is 0 Å². The summed E-state index contributed by atoms with van der Waals surface area (Å²) >= 11 is 13.9. The van der Waals surface area contributed by atoms with Crippen LogP contribution in [0.1, 0.15) is 13.8 Å². The fraction of sp³-hybridized carbons (Fsp3) is 0.375. The van der Waals surface area contributed by atoms with E-state index in [2.05, 4.69) is 55.3 Å². The molecule has 0 saturated carbocycles. The van der Waals surface area contributed by atoms with Crippen LogP contribution < -0.4 is 9.46 Å². The standard InChI is InChI=1S/C16H19Br2ClN2O3S2/c1-3-21(4-2)7-8-24-14-9-11(5-6-13(14)19)20-26(22,23)15-10-12(17)16(18)25-15/h5-6,9-10,20H,3-4,7-8H2,1-2H3. The summed E-state index contributed by atoms with van der Waals surface area (Å²) in [6.07, 6.45) is 0. The first kappa shape index (κ1) is 22.0. The number of nitrogens with zero attached hydrogens (tertiary/aromatic N) is 1. The molecule has 144 valence electrons. The molecule has 1 aromatic carbocycles. The molecular formula is C16H19Br2ClN2O3S2. The third-order valence-electron chi connectivity index (χ3n) is 3.63. The van der Waals surface area contributed by atoms with Gasteiger partial charge in [0.05, 0.1) is 14.5 Å². The van der Waals surface area contributed by atoms with Crippen molar-refractivity contribution in [2.75, 3.05) is 31.0 Å². The summed E-state index contributed by atoms with van der Waals surface area (Å²) in [6, 6.07) is 6.37. The number of anilines is 1. The quantitative estimate of drug-likeness (QED) is 0.455. The van der Waals surface area contributed by atoms with Gasteiger partial charge in [0.15, 0.2) is 0 Å². The van der Waals surface area contributed by atoms with Gasteiger partial charge in [0.2, 0.25) is 0 Å². The molecule has 0 spiro atoms. The van der Waals surface area contributed by atoms with E-state index in [9.17, 15) is 8.42 Å². The van der Waals surface area contributed by atoms with E-state index in [1.807, 2.05) is 0 Å². The van der Waals surface area contributed by atoms with Crippen LogP contribution >= 0.6 is 54.8 Å². The lowest BCUT2D eigenvalue weighted by atomic mass is 10.3. The van der Waals surface area contributed by atoms with Crippen LogP contribution in [0.3, 0.4) is 0 Å². The minimum Gasteiger partial charge on any atom is -0.491 e. The molecular weight excluding hydrogens is 528 g/mol. The number of hydrogen-bond acceptors (Lipinski definition) is 5. The molecule has 0 atom stereocenters. The zero-order valence-electron chi connectivity index (χ0n) is 14.3. The van der Waals surface area contributed by atoms with Crippen molar-refractivity contribution in [1.29, 1.82) is 0 Å². The van der Waals surface area contributed by atoms with Gasteiger partial charge in [-0.25, -0.2) is 8.42 Å². The lowest BCUT2D eigenvalue weighted by molar-refractivity contribution is 0.223. The molecule has 0 unspecified atom stereocenters. The Labute approximate surface area is 180 Å². The molecule has 0 amide bonds. The van der Waals surface area contributed by atoms with Crippen LogP contribution in [-0.4, -0.2) is 39.6 Å². The van der Waals surface area contributed by atoms with Crippen LogP contribution in [0.15, 0.2) is 36.7 Å². The first-order chi connectivity index (χ1) is 12.3. The summed E-state index contributed by atoms with van der Waals surface area (Å²) in [5.41, 5.74) is 0.396. The van der Waals surface area contributed by atoms with Gasteiger partial charge in [0.1, 0.15) is 16.6 Å². The van der Waals surface area contributed by atoms with E-state index >= 15 is 0 Å². The maximum atomic E-state index is 12.5. The van der Waals surface area contributed by atoms with Crippen LogP contribution in [0.2, 0.25) is 5.02 Å². The van der Waals surface area contributed by atoms with Crippen molar-refractivity contribution in [1.82, 2.24) is 4.90 Å². The van der Waals surface area contributed by atoms with Gasteiger partial charge in [-0.05, 0) is 63.1 Å². The monoisotopic (exact) mass is 544 g/mol. The Morgan fingerprint density at radius 1 is 1.23 bits per heavy atom. The highest BCUT2D eigenvalue weighted by molar-refractivity contribution is 9.13. The zero-order valence-corrected chi connectivity index (χ0v) is 19.8. The van der Waals surface area contributed by atoms with Crippen molar-refractivity contribution >= 4 is 70.5 Å². The topological polar surface area (TPSA) is 58.6 Å². The Kier molecular flexibility index (Phi) is 8.24. The van der Waals surface area contributed by atoms with Gasteiger partial charge in [-0.15, -0.1) is 11.3 Å². The molecule has 0 aliphatic carbocycles. The molecule has 2 rings (SSSR count). The van der Waals surface area contributed by atoms with Crippen molar-refractivity contribution in [3.8, 4) is 5.75 Å². The number of benzene rings is 1. The molecule has 0 fully saturated rings. The molecule has 0 aliphatic rings. The fourth-order valence-electron chi connectivity index (χ4n) is 2.17. The largest absolute Gasteiger partial charge is 0.491 e. The minimum absolute atomic E-state index is 0.204. The summed E-state index contributed by atoms with van der Waals surface area (Å²) in [6.45, 7) is 7.32. The number of halogens is 3. The van der Waals surface area contributed by atoms with E-state index in [1.54, 1.807) is 24.3 Å². The maximum Gasteiger partial charge on any atom is 0.271 e. The maximum absolute atomic E-state index is 12.5. The molecule has 0 aliphatic heterocycles. The molecule has 1 heterocycles. The first-order valence-electron chi connectivity index (χ1n) is 7.89. The predicted octanol–water partition coefficient (Wildman–Crippen LogP) is 5.45. The van der Waals surface area contributed by atoms with E-state index < -0.39 is 10.0 Å². The van der Waals surface area contributed by atoms with Gasteiger partial charge in [-0.1, -0.05) is 25.4 Å². The first-order valence-corrected chi connectivity index (χ1v) is 12.2. The van der Waals surface area contributed by atoms with E-state index in [0.29, 0.717) is 27.5 Å². The number of nitrogens with one attached hydrogen (secondary N) is 1. The minimum atomic E-state index is -3.68. The van der Waals surface area contributed by atoms with Crippen molar-refractivity contribution in [3.63, 3.8) is 0 Å². The Bertz CT molecular complexity index is 836. The van der Waals surface area contributed by atoms with Crippen molar-refractivity contribution in [2.24, 2.45) is 0 Å². The lowest BCUT2D eigenvalue weighted by Gasteiger charge is -2.18. The van der Waals surface area contributed by atoms with Gasteiger partial charge in [0.25, 0.3) is 10.0 Å². The van der Waals surface area contributed by atoms with Gasteiger partial charge >= 0.3 is 0 Å². The summed E-state index contributed by atoms with van der Waals surface area (Å²) in [7, 11) is -3.68. The van der Waals surface area contributed by atoms with Crippen LogP contribution in [0.4, 0.5) is 5.69 Å². The number of sulfonamides is 1. The molecule has 1 aromatic heterocycles. The highest BCUT2D eigenvalue weighted by Crippen LogP contribution is 2.36. The van der Waals surface area contributed by atoms with Crippen molar-refractivity contribution < 1.29 is 13.2 Å². The van der Waals surface area contributed by atoms with Gasteiger partial charge < -0.3 is 9.64 Å². The average molecular weight is 547 g/mol. The van der Waals surface area contributed by atoms with Crippen molar-refractivity contribution in [2.45, 2.75) is 18.1 Å². The Morgan fingerprint density at radius 3 is 2.50 bits per heavy atom. The van der Waals surface area contributed by atoms with E-state index in [4.69, 9.17) is 16.3 Å². The van der Waals surface area contributed by atoms with E-state index in [1.165, 1.54) is 0 Å². The van der Waals surface area contributed by atoms with Crippen LogP contribution in [-0.2, 0) is 10.0 Å². The normalized spacial score (nSPS) is 11.8. The Hall–Kier alpha value is -0.320. The fourth-order valence-corrected chi connectivity index (χ4v) is 6.21. The molecule has 10 heteroatoms. The number of hydrogen-bond donors (Lipinski definition) is 1. The predicted molar refractivity (Wildman–Crippen MR) is 115 cm³/mol. The molecule has 26 heavy (non-hydrogen) atoms. The van der Waals surface area contributed by atoms with E-state index in [0.717, 1.165) is 34.8 Å². The molecule has 5 nitrogen and oxygen atoms in total. The number of rotatable bonds is 9. The summed E-state index contributed by atoms with van der Waals surface area (Å²) in [4.78, 5) is 2.23. The molecule has 2 aromatic rings. The summed E-state index contributed by atoms with van der Waals surface area (Å²) < 4.78 is 34.9. The second-order valence-electron chi connectivity index (χ2n) is 5.31. The third-order valence-corrected chi connectivity index (χ3v) is 9.05. The zero-order chi connectivity index (χ0) is 19.3. The second-order valence-corrected chi connectivity index (χ2v) is 10.9. The van der Waals surface area contributed by atoms with Gasteiger partial charge in [-0.3, -0.25) is 4.72 Å². The average Bonchev–Trinajstić information content (AvgIpc) is 2.94.